The van der Waals surface area contributed by atoms with E-state index < -0.39 is 29.4 Å². The van der Waals surface area contributed by atoms with Gasteiger partial charge in [-0.15, -0.1) is 0 Å². The number of nitrogens with two attached hydrogens (primary N) is 2. The van der Waals surface area contributed by atoms with Crippen molar-refractivity contribution in [2.75, 3.05) is 12.3 Å². The summed E-state index contributed by atoms with van der Waals surface area (Å²) in [6.07, 6.45) is 4.33. The smallest absolute Gasteiger partial charge is 0.270 e. The fraction of sp³-hybridized carbons (Fsp3) is 0.455. The summed E-state index contributed by atoms with van der Waals surface area (Å²) >= 11 is 0. The molecule has 2 fully saturated rings. The van der Waals surface area contributed by atoms with Crippen LogP contribution in [0.1, 0.15) is 41.7 Å². The number of nitrogens with one attached hydrogen (secondary N) is 1. The van der Waals surface area contributed by atoms with Gasteiger partial charge in [-0.25, -0.2) is 23.1 Å². The van der Waals surface area contributed by atoms with E-state index in [1.54, 1.807) is 4.90 Å². The summed E-state index contributed by atoms with van der Waals surface area (Å²) in [5.74, 6) is -3.89. The predicted octanol–water partition coefficient (Wildman–Crippen LogP) is 1.55. The van der Waals surface area contributed by atoms with Crippen LogP contribution >= 0.6 is 0 Å². The lowest BCUT2D eigenvalue weighted by Gasteiger charge is -2.41. The minimum Gasteiger partial charge on any atom is -0.368 e. The maximum Gasteiger partial charge on any atom is 0.270 e. The summed E-state index contributed by atoms with van der Waals surface area (Å²) in [6, 6.07) is 2.27. The normalized spacial score (nSPS) is 22.8. The number of carbonyl (C=O) groups excluding carboxylic acids is 2. The predicted molar refractivity (Wildman–Crippen MR) is 113 cm³/mol. The van der Waals surface area contributed by atoms with E-state index in [1.165, 1.54) is 12.3 Å². The second kappa shape index (κ2) is 9.34. The number of hydrogen-bond acceptors (Lipinski definition) is 6. The second-order valence-electron chi connectivity index (χ2n) is 8.63. The number of amides is 2. The number of hydrogen-bond donors (Lipinski definition) is 3. The van der Waals surface area contributed by atoms with Crippen LogP contribution in [0.3, 0.4) is 0 Å². The summed E-state index contributed by atoms with van der Waals surface area (Å²) in [4.78, 5) is 34.4. The second-order valence-corrected chi connectivity index (χ2v) is 8.63. The van der Waals surface area contributed by atoms with Crippen molar-refractivity contribution in [3.05, 3.63) is 53.1 Å². The van der Waals surface area contributed by atoms with Gasteiger partial charge in [0.05, 0.1) is 6.54 Å². The van der Waals surface area contributed by atoms with E-state index in [2.05, 4.69) is 15.3 Å². The number of benzene rings is 1. The van der Waals surface area contributed by atoms with Crippen LogP contribution in [-0.2, 0) is 11.2 Å². The SMILES string of the molecule is Nc1nccc(C(=O)NCC(=O)N2[C@@H]3CC[C@H]2C[C@H]([C@H](N)Cc2cc(F)c(F)cc2F)C3)n1. The summed E-state index contributed by atoms with van der Waals surface area (Å²) in [5, 5.41) is 2.57. The molecule has 0 spiro atoms. The number of anilines is 1. The maximum atomic E-state index is 14.0. The van der Waals surface area contributed by atoms with Crippen molar-refractivity contribution in [2.45, 2.75) is 50.2 Å². The number of carbonyl (C=O) groups is 2. The van der Waals surface area contributed by atoms with E-state index in [0.717, 1.165) is 18.9 Å². The molecule has 2 aromatic rings. The highest BCUT2D eigenvalue weighted by atomic mass is 19.2. The van der Waals surface area contributed by atoms with Crippen LogP contribution in [0, 0.1) is 23.4 Å². The van der Waals surface area contributed by atoms with Crippen molar-refractivity contribution < 1.29 is 22.8 Å². The highest BCUT2D eigenvalue weighted by Gasteiger charge is 2.44. The van der Waals surface area contributed by atoms with E-state index in [-0.39, 0.29) is 54.1 Å². The molecule has 2 aliphatic heterocycles. The van der Waals surface area contributed by atoms with Crippen LogP contribution in [0.2, 0.25) is 0 Å². The van der Waals surface area contributed by atoms with Gasteiger partial charge in [-0.2, -0.15) is 0 Å². The number of nitrogens with zero attached hydrogens (tertiary/aromatic N) is 3. The van der Waals surface area contributed by atoms with Gasteiger partial charge in [0.1, 0.15) is 11.5 Å². The summed E-state index contributed by atoms with van der Waals surface area (Å²) in [7, 11) is 0. The first-order valence-corrected chi connectivity index (χ1v) is 10.8. The average Bonchev–Trinajstić information content (AvgIpc) is 3.04. The zero-order valence-electron chi connectivity index (χ0n) is 17.8. The molecule has 2 amide bonds. The molecule has 1 aromatic carbocycles. The fourth-order valence-electron chi connectivity index (χ4n) is 4.95. The molecule has 3 heterocycles. The van der Waals surface area contributed by atoms with Gasteiger partial charge >= 0.3 is 0 Å². The molecule has 176 valence electrons. The van der Waals surface area contributed by atoms with Gasteiger partial charge in [0.25, 0.3) is 5.91 Å². The number of fused-ring (bicyclic) bond motifs is 2. The number of rotatable bonds is 6. The first kappa shape index (κ1) is 23.0. The molecule has 1 aromatic heterocycles. The molecule has 0 unspecified atom stereocenters. The van der Waals surface area contributed by atoms with Crippen molar-refractivity contribution in [2.24, 2.45) is 11.7 Å². The van der Waals surface area contributed by atoms with E-state index >= 15 is 0 Å². The Bertz CT molecular complexity index is 1050. The lowest BCUT2D eigenvalue weighted by atomic mass is 9.82. The molecule has 2 aliphatic rings. The molecule has 2 bridgehead atoms. The largest absolute Gasteiger partial charge is 0.368 e. The summed E-state index contributed by atoms with van der Waals surface area (Å²) in [5.41, 5.74) is 11.9. The molecule has 33 heavy (non-hydrogen) atoms. The molecule has 4 atom stereocenters. The molecule has 8 nitrogen and oxygen atoms in total. The Kier molecular flexibility index (Phi) is 6.50. The Morgan fingerprint density at radius 1 is 1.12 bits per heavy atom. The van der Waals surface area contributed by atoms with E-state index in [9.17, 15) is 22.8 Å². The zero-order valence-corrected chi connectivity index (χ0v) is 17.8. The monoisotopic (exact) mass is 462 g/mol. The Hall–Kier alpha value is -3.21. The van der Waals surface area contributed by atoms with Crippen LogP contribution in [0.15, 0.2) is 24.4 Å². The van der Waals surface area contributed by atoms with Crippen LogP contribution < -0.4 is 16.8 Å². The third kappa shape index (κ3) is 4.92. The van der Waals surface area contributed by atoms with E-state index in [0.29, 0.717) is 18.9 Å². The number of nitrogen functional groups attached to an aromatic ring is 1. The number of piperidine rings is 1. The molecule has 11 heteroatoms. The number of aromatic nitrogens is 2. The van der Waals surface area contributed by atoms with Crippen molar-refractivity contribution in [1.82, 2.24) is 20.2 Å². The standard InChI is InChI=1S/C22H25F3N6O2/c23-15-9-17(25)16(24)7-11(15)8-18(26)12-5-13-1-2-14(6-12)31(13)20(32)10-29-21(33)19-3-4-28-22(27)30-19/h3-4,7,9,12-14,18H,1-2,5-6,8,10,26H2,(H,29,33)(H2,27,28,30)/t12-,13-,14+,18-/m1/s1. The lowest BCUT2D eigenvalue weighted by Crippen LogP contribution is -2.52. The van der Waals surface area contributed by atoms with Gasteiger partial charge in [-0.1, -0.05) is 0 Å². The Balaban J connectivity index is 1.34. The van der Waals surface area contributed by atoms with Crippen molar-refractivity contribution >= 4 is 17.8 Å². The first-order valence-electron chi connectivity index (χ1n) is 10.8. The molecule has 2 saturated heterocycles. The topological polar surface area (TPSA) is 127 Å². The minimum absolute atomic E-state index is 0.0117. The maximum absolute atomic E-state index is 14.0. The first-order chi connectivity index (χ1) is 15.7. The van der Waals surface area contributed by atoms with E-state index in [1.807, 2.05) is 0 Å². The van der Waals surface area contributed by atoms with Gasteiger partial charge in [0.15, 0.2) is 11.6 Å². The van der Waals surface area contributed by atoms with Crippen LogP contribution in [-0.4, -0.2) is 51.4 Å². The quantitative estimate of drug-likeness (QED) is 0.559. The lowest BCUT2D eigenvalue weighted by molar-refractivity contribution is -0.135. The molecule has 0 saturated carbocycles. The minimum atomic E-state index is -1.23. The zero-order chi connectivity index (χ0) is 23.7. The van der Waals surface area contributed by atoms with Gasteiger partial charge in [0, 0.05) is 30.4 Å². The summed E-state index contributed by atoms with van der Waals surface area (Å²) < 4.78 is 40.7. The van der Waals surface area contributed by atoms with Gasteiger partial charge in [-0.05, 0) is 55.7 Å². The molecular formula is C22H25F3N6O2. The molecular weight excluding hydrogens is 437 g/mol. The Labute approximate surface area is 188 Å². The average molecular weight is 462 g/mol. The van der Waals surface area contributed by atoms with Crippen molar-refractivity contribution in [3.8, 4) is 0 Å². The molecule has 0 aliphatic carbocycles. The highest BCUT2D eigenvalue weighted by molar-refractivity contribution is 5.95. The third-order valence-electron chi connectivity index (χ3n) is 6.51. The fourth-order valence-corrected chi connectivity index (χ4v) is 4.95. The molecule has 4 rings (SSSR count). The third-order valence-corrected chi connectivity index (χ3v) is 6.51. The van der Waals surface area contributed by atoms with E-state index in [4.69, 9.17) is 11.5 Å². The summed E-state index contributed by atoms with van der Waals surface area (Å²) in [6.45, 7) is -0.174. The van der Waals surface area contributed by atoms with Crippen LogP contribution in [0.25, 0.3) is 0 Å². The van der Waals surface area contributed by atoms with Gasteiger partial charge in [-0.3, -0.25) is 9.59 Å². The van der Waals surface area contributed by atoms with Crippen molar-refractivity contribution in [3.63, 3.8) is 0 Å². The highest BCUT2D eigenvalue weighted by Crippen LogP contribution is 2.40. The Morgan fingerprint density at radius 2 is 1.79 bits per heavy atom. The Morgan fingerprint density at radius 3 is 2.45 bits per heavy atom. The van der Waals surface area contributed by atoms with Crippen LogP contribution in [0.5, 0.6) is 0 Å². The van der Waals surface area contributed by atoms with Crippen molar-refractivity contribution in [1.29, 1.82) is 0 Å². The molecule has 5 N–H and O–H groups in total. The van der Waals surface area contributed by atoms with Gasteiger partial charge in [0.2, 0.25) is 11.9 Å². The van der Waals surface area contributed by atoms with Gasteiger partial charge < -0.3 is 21.7 Å². The number of halogens is 3. The molecule has 0 radical (unpaired) electrons. The van der Waals surface area contributed by atoms with Crippen LogP contribution in [0.4, 0.5) is 19.1 Å².